The molecule has 0 radical (unpaired) electrons. The topological polar surface area (TPSA) is 120 Å². The predicted molar refractivity (Wildman–Crippen MR) is 110 cm³/mol. The van der Waals surface area contributed by atoms with Gasteiger partial charge in [-0.05, 0) is 44.4 Å². The molecule has 8 nitrogen and oxygen atoms in total. The maximum absolute atomic E-state index is 12.5. The van der Waals surface area contributed by atoms with Crippen LogP contribution in [0.3, 0.4) is 0 Å². The van der Waals surface area contributed by atoms with Crippen LogP contribution in [-0.2, 0) is 16.1 Å². The van der Waals surface area contributed by atoms with Gasteiger partial charge in [-0.25, -0.2) is 4.98 Å². The minimum atomic E-state index is -0.116. The van der Waals surface area contributed by atoms with Crippen LogP contribution in [-0.4, -0.2) is 42.4 Å². The fraction of sp³-hybridized carbons (Fsp3) is 0.500. The lowest BCUT2D eigenvalue weighted by atomic mass is 9.83. The van der Waals surface area contributed by atoms with E-state index < -0.39 is 0 Å². The van der Waals surface area contributed by atoms with Crippen LogP contribution in [0.15, 0.2) is 22.6 Å². The number of ether oxygens (including phenoxy) is 2. The number of phenolic OH excluding ortho intramolecular Hbond substituents is 1. The van der Waals surface area contributed by atoms with Gasteiger partial charge in [0.15, 0.2) is 11.5 Å². The molecule has 1 heterocycles. The minimum absolute atomic E-state index is 0. The summed E-state index contributed by atoms with van der Waals surface area (Å²) in [5, 5.41) is 12.9. The number of oxazole rings is 1. The lowest BCUT2D eigenvalue weighted by Gasteiger charge is -2.32. The second kappa shape index (κ2) is 9.96. The number of benzene rings is 1. The van der Waals surface area contributed by atoms with Crippen LogP contribution in [0.4, 0.5) is 0 Å². The van der Waals surface area contributed by atoms with Gasteiger partial charge in [-0.3, -0.25) is 4.79 Å². The van der Waals surface area contributed by atoms with E-state index in [-0.39, 0.29) is 48.7 Å². The van der Waals surface area contributed by atoms with Crippen molar-refractivity contribution in [2.45, 2.75) is 44.9 Å². The molecule has 1 saturated carbocycles. The van der Waals surface area contributed by atoms with Crippen molar-refractivity contribution in [3.05, 3.63) is 29.7 Å². The number of nitrogens with two attached hydrogens (primary N) is 1. The normalized spacial score (nSPS) is 21.3. The maximum Gasteiger partial charge on any atom is 0.226 e. The predicted octanol–water partition coefficient (Wildman–Crippen LogP) is 2.54. The number of rotatable bonds is 6. The van der Waals surface area contributed by atoms with Crippen molar-refractivity contribution in [1.82, 2.24) is 10.3 Å². The van der Waals surface area contributed by atoms with E-state index in [1.54, 1.807) is 26.2 Å². The van der Waals surface area contributed by atoms with Gasteiger partial charge in [-0.15, -0.1) is 12.4 Å². The zero-order valence-corrected chi connectivity index (χ0v) is 17.6. The highest BCUT2D eigenvalue weighted by Crippen LogP contribution is 2.32. The van der Waals surface area contributed by atoms with Gasteiger partial charge >= 0.3 is 0 Å². The Labute approximate surface area is 176 Å². The summed E-state index contributed by atoms with van der Waals surface area (Å²) in [5.74, 6) is 1.23. The van der Waals surface area contributed by atoms with Gasteiger partial charge in [0, 0.05) is 24.6 Å². The number of aromatic nitrogens is 1. The third-order valence-corrected chi connectivity index (χ3v) is 5.26. The second-order valence-electron chi connectivity index (χ2n) is 7.07. The molecule has 3 rings (SSSR count). The summed E-state index contributed by atoms with van der Waals surface area (Å²) in [4.78, 5) is 17.0. The van der Waals surface area contributed by atoms with Gasteiger partial charge in [-0.2, -0.15) is 0 Å². The second-order valence-corrected chi connectivity index (χ2v) is 7.07. The van der Waals surface area contributed by atoms with E-state index in [0.717, 1.165) is 12.8 Å². The highest BCUT2D eigenvalue weighted by Gasteiger charge is 2.32. The van der Waals surface area contributed by atoms with E-state index >= 15 is 0 Å². The third-order valence-electron chi connectivity index (χ3n) is 5.26. The number of hydrogen-bond donors (Lipinski definition) is 3. The number of carbonyl (C=O) groups is 1. The van der Waals surface area contributed by atoms with Gasteiger partial charge in [0.1, 0.15) is 11.5 Å². The van der Waals surface area contributed by atoms with E-state index in [9.17, 15) is 9.90 Å². The average molecular weight is 426 g/mol. The minimum Gasteiger partial charge on any atom is -0.504 e. The third kappa shape index (κ3) is 5.20. The van der Waals surface area contributed by atoms with Crippen LogP contribution in [0, 0.1) is 12.8 Å². The molecule has 1 aliphatic carbocycles. The average Bonchev–Trinajstić information content (AvgIpc) is 3.07. The zero-order chi connectivity index (χ0) is 20.3. The molecule has 1 aromatic heterocycles. The molecule has 3 atom stereocenters. The Morgan fingerprint density at radius 1 is 1.38 bits per heavy atom. The molecule has 9 heteroatoms. The first-order valence-electron chi connectivity index (χ1n) is 9.32. The van der Waals surface area contributed by atoms with Crippen LogP contribution in [0.25, 0.3) is 11.5 Å². The number of aryl methyl sites for hydroxylation is 1. The molecule has 0 unspecified atom stereocenters. The number of amides is 1. The molecule has 1 amide bonds. The van der Waals surface area contributed by atoms with Crippen LogP contribution in [0.5, 0.6) is 11.5 Å². The summed E-state index contributed by atoms with van der Waals surface area (Å²) in [5.41, 5.74) is 7.29. The number of methoxy groups -OCH3 is 2. The summed E-state index contributed by atoms with van der Waals surface area (Å²) < 4.78 is 16.1. The van der Waals surface area contributed by atoms with Crippen molar-refractivity contribution in [2.75, 3.05) is 14.2 Å². The standard InChI is InChI=1S/C20H27N3O5.ClH/c1-11-15(10-22-19(25)12-4-6-14(21)18(9-12)27-3)23-20(28-11)13-5-7-17(26-2)16(24)8-13;/h5,7-8,12,14,18,24H,4,6,9-10,21H2,1-3H3,(H,22,25);1H/t12-,14+,18+;/m0./s1. The van der Waals surface area contributed by atoms with E-state index in [4.69, 9.17) is 19.6 Å². The largest absolute Gasteiger partial charge is 0.504 e. The lowest BCUT2D eigenvalue weighted by Crippen LogP contribution is -2.45. The van der Waals surface area contributed by atoms with Gasteiger partial charge < -0.3 is 30.0 Å². The van der Waals surface area contributed by atoms with Gasteiger partial charge in [0.25, 0.3) is 0 Å². The number of carbonyl (C=O) groups excluding carboxylic acids is 1. The summed E-state index contributed by atoms with van der Waals surface area (Å²) in [6, 6.07) is 4.91. The molecule has 1 aromatic carbocycles. The Hall–Kier alpha value is -2.29. The molecule has 1 fully saturated rings. The van der Waals surface area contributed by atoms with Crippen molar-refractivity contribution < 1.29 is 23.8 Å². The number of nitrogens with one attached hydrogen (secondary N) is 1. The molecule has 4 N–H and O–H groups in total. The number of halogens is 1. The molecule has 160 valence electrons. The van der Waals surface area contributed by atoms with Crippen molar-refractivity contribution in [2.24, 2.45) is 11.7 Å². The molecule has 2 aromatic rings. The van der Waals surface area contributed by atoms with E-state index in [0.29, 0.717) is 35.1 Å². The summed E-state index contributed by atoms with van der Waals surface area (Å²) in [6.07, 6.45) is 2.05. The zero-order valence-electron chi connectivity index (χ0n) is 16.8. The Morgan fingerprint density at radius 3 is 2.79 bits per heavy atom. The Bertz CT molecular complexity index is 842. The fourth-order valence-corrected chi connectivity index (χ4v) is 3.52. The molecular formula is C20H28ClN3O5. The Morgan fingerprint density at radius 2 is 2.14 bits per heavy atom. The van der Waals surface area contributed by atoms with Crippen molar-refractivity contribution in [3.8, 4) is 23.0 Å². The molecule has 0 spiro atoms. The number of aromatic hydroxyl groups is 1. The van der Waals surface area contributed by atoms with E-state index in [2.05, 4.69) is 10.3 Å². The monoisotopic (exact) mass is 425 g/mol. The van der Waals surface area contributed by atoms with E-state index in [1.165, 1.54) is 13.2 Å². The molecule has 29 heavy (non-hydrogen) atoms. The van der Waals surface area contributed by atoms with Crippen LogP contribution in [0.2, 0.25) is 0 Å². The molecular weight excluding hydrogens is 398 g/mol. The SMILES string of the molecule is COc1ccc(-c2nc(CNC(=O)[C@H]3CC[C@@H](N)[C@H](OC)C3)c(C)o2)cc1O.Cl. The molecule has 0 aliphatic heterocycles. The first-order chi connectivity index (χ1) is 13.4. The molecule has 0 saturated heterocycles. The van der Waals surface area contributed by atoms with Gasteiger partial charge in [0.2, 0.25) is 11.8 Å². The van der Waals surface area contributed by atoms with Gasteiger partial charge in [0.05, 0.1) is 19.8 Å². The Balaban J connectivity index is 0.00000300. The summed E-state index contributed by atoms with van der Waals surface area (Å²) >= 11 is 0. The number of nitrogens with zero attached hydrogens (tertiary/aromatic N) is 1. The highest BCUT2D eigenvalue weighted by atomic mass is 35.5. The number of phenols is 1. The quantitative estimate of drug-likeness (QED) is 0.650. The first-order valence-corrected chi connectivity index (χ1v) is 9.32. The Kier molecular flexibility index (Phi) is 7.89. The van der Waals surface area contributed by atoms with Crippen molar-refractivity contribution >= 4 is 18.3 Å². The fourth-order valence-electron chi connectivity index (χ4n) is 3.52. The van der Waals surface area contributed by atoms with E-state index in [1.807, 2.05) is 0 Å². The molecule has 0 bridgehead atoms. The number of hydrogen-bond acceptors (Lipinski definition) is 7. The maximum atomic E-state index is 12.5. The van der Waals surface area contributed by atoms with Gasteiger partial charge in [-0.1, -0.05) is 0 Å². The highest BCUT2D eigenvalue weighted by molar-refractivity contribution is 5.85. The van der Waals surface area contributed by atoms with Crippen LogP contribution < -0.4 is 15.8 Å². The smallest absolute Gasteiger partial charge is 0.226 e. The summed E-state index contributed by atoms with van der Waals surface area (Å²) in [7, 11) is 3.11. The van der Waals surface area contributed by atoms with Crippen LogP contribution in [0.1, 0.15) is 30.7 Å². The lowest BCUT2D eigenvalue weighted by molar-refractivity contribution is -0.128. The molecule has 1 aliphatic rings. The summed E-state index contributed by atoms with van der Waals surface area (Å²) in [6.45, 7) is 2.07. The van der Waals surface area contributed by atoms with Crippen LogP contribution >= 0.6 is 12.4 Å². The first kappa shape index (κ1) is 23.0. The van der Waals surface area contributed by atoms with Crippen molar-refractivity contribution in [1.29, 1.82) is 0 Å². The van der Waals surface area contributed by atoms with Crippen molar-refractivity contribution in [3.63, 3.8) is 0 Å².